The summed E-state index contributed by atoms with van der Waals surface area (Å²) in [4.78, 5) is 6.83. The molecule has 0 fully saturated rings. The molecule has 0 spiro atoms. The third-order valence-electron chi connectivity index (χ3n) is 3.27. The van der Waals surface area contributed by atoms with Crippen LogP contribution in [0.15, 0.2) is 30.3 Å². The van der Waals surface area contributed by atoms with Gasteiger partial charge in [-0.2, -0.15) is 0 Å². The molecule has 0 bridgehead atoms. The minimum atomic E-state index is 0.295. The predicted octanol–water partition coefficient (Wildman–Crippen LogP) is 2.33. The Labute approximate surface area is 102 Å². The number of aromatic nitrogens is 1. The number of nitrogens with two attached hydrogens (primary N) is 1. The highest BCUT2D eigenvalue weighted by atomic mass is 15.2. The van der Waals surface area contributed by atoms with E-state index in [1.807, 2.05) is 13.1 Å². The molecule has 0 saturated heterocycles. The summed E-state index contributed by atoms with van der Waals surface area (Å²) in [6, 6.07) is 10.7. The Morgan fingerprint density at radius 3 is 2.76 bits per heavy atom. The first kappa shape index (κ1) is 11.9. The summed E-state index contributed by atoms with van der Waals surface area (Å²) in [7, 11) is 2.03. The Balaban J connectivity index is 2.47. The van der Waals surface area contributed by atoms with Gasteiger partial charge >= 0.3 is 0 Å². The molecule has 1 atom stereocenters. The second-order valence-electron chi connectivity index (χ2n) is 4.51. The van der Waals surface area contributed by atoms with Crippen LogP contribution < -0.4 is 10.6 Å². The summed E-state index contributed by atoms with van der Waals surface area (Å²) in [5.41, 5.74) is 7.96. The summed E-state index contributed by atoms with van der Waals surface area (Å²) in [6.07, 6.45) is 0. The van der Waals surface area contributed by atoms with Crippen molar-refractivity contribution < 1.29 is 0 Å². The lowest BCUT2D eigenvalue weighted by Gasteiger charge is -2.25. The third kappa shape index (κ3) is 2.24. The van der Waals surface area contributed by atoms with Crippen molar-refractivity contribution in [3.63, 3.8) is 0 Å². The Morgan fingerprint density at radius 2 is 2.06 bits per heavy atom. The van der Waals surface area contributed by atoms with Crippen molar-refractivity contribution in [1.82, 2.24) is 4.98 Å². The van der Waals surface area contributed by atoms with Gasteiger partial charge in [0.05, 0.1) is 5.52 Å². The lowest BCUT2D eigenvalue weighted by Crippen LogP contribution is -2.35. The van der Waals surface area contributed by atoms with E-state index in [-0.39, 0.29) is 0 Å². The van der Waals surface area contributed by atoms with Gasteiger partial charge in [0.1, 0.15) is 5.82 Å². The van der Waals surface area contributed by atoms with E-state index in [4.69, 9.17) is 10.7 Å². The predicted molar refractivity (Wildman–Crippen MR) is 73.4 cm³/mol. The quantitative estimate of drug-likeness (QED) is 0.878. The van der Waals surface area contributed by atoms with Crippen molar-refractivity contribution in [2.24, 2.45) is 5.73 Å². The molecule has 0 aliphatic carbocycles. The number of rotatable bonds is 3. The fourth-order valence-corrected chi connectivity index (χ4v) is 1.87. The first-order chi connectivity index (χ1) is 8.13. The van der Waals surface area contributed by atoms with Crippen LogP contribution in [0.4, 0.5) is 5.82 Å². The number of benzene rings is 1. The number of pyridine rings is 1. The molecule has 2 rings (SSSR count). The highest BCUT2D eigenvalue weighted by molar-refractivity contribution is 5.83. The van der Waals surface area contributed by atoms with Crippen molar-refractivity contribution in [3.05, 3.63) is 35.9 Å². The molecule has 2 aromatic rings. The van der Waals surface area contributed by atoms with Crippen molar-refractivity contribution in [3.8, 4) is 0 Å². The third-order valence-corrected chi connectivity index (χ3v) is 3.27. The molecule has 0 radical (unpaired) electrons. The zero-order valence-corrected chi connectivity index (χ0v) is 10.6. The Morgan fingerprint density at radius 1 is 1.29 bits per heavy atom. The maximum absolute atomic E-state index is 5.68. The second kappa shape index (κ2) is 4.72. The number of hydrogen-bond acceptors (Lipinski definition) is 3. The molecule has 0 aliphatic heterocycles. The number of hydrogen-bond donors (Lipinski definition) is 1. The molecule has 90 valence electrons. The van der Waals surface area contributed by atoms with Crippen LogP contribution in [0.5, 0.6) is 0 Å². The molecular formula is C14H19N3. The lowest BCUT2D eigenvalue weighted by atomic mass is 10.1. The molecule has 1 heterocycles. The number of aryl methyl sites for hydroxylation is 1. The van der Waals surface area contributed by atoms with Crippen LogP contribution in [0.1, 0.15) is 12.5 Å². The molecule has 1 unspecified atom stereocenters. The number of para-hydroxylation sites is 1. The molecule has 17 heavy (non-hydrogen) atoms. The maximum atomic E-state index is 5.68. The zero-order chi connectivity index (χ0) is 12.4. The summed E-state index contributed by atoms with van der Waals surface area (Å²) in [5.74, 6) is 0.977. The van der Waals surface area contributed by atoms with Crippen LogP contribution in [-0.4, -0.2) is 24.6 Å². The summed E-state index contributed by atoms with van der Waals surface area (Å²) in [6.45, 7) is 4.82. The zero-order valence-electron chi connectivity index (χ0n) is 10.6. The van der Waals surface area contributed by atoms with Gasteiger partial charge in [-0.15, -0.1) is 0 Å². The van der Waals surface area contributed by atoms with Crippen LogP contribution in [0.3, 0.4) is 0 Å². The van der Waals surface area contributed by atoms with E-state index in [2.05, 4.69) is 43.0 Å². The summed E-state index contributed by atoms with van der Waals surface area (Å²) >= 11 is 0. The number of fused-ring (bicyclic) bond motifs is 1. The van der Waals surface area contributed by atoms with Gasteiger partial charge in [-0.1, -0.05) is 18.2 Å². The van der Waals surface area contributed by atoms with Crippen molar-refractivity contribution in [2.45, 2.75) is 19.9 Å². The molecule has 3 nitrogen and oxygen atoms in total. The van der Waals surface area contributed by atoms with E-state index in [1.165, 1.54) is 10.9 Å². The Hall–Kier alpha value is -1.61. The minimum Gasteiger partial charge on any atom is -0.356 e. The monoisotopic (exact) mass is 229 g/mol. The molecule has 3 heteroatoms. The Kier molecular flexibility index (Phi) is 3.29. The van der Waals surface area contributed by atoms with Crippen LogP contribution >= 0.6 is 0 Å². The average Bonchev–Trinajstić information content (AvgIpc) is 2.37. The normalized spacial score (nSPS) is 12.7. The largest absolute Gasteiger partial charge is 0.356 e. The minimum absolute atomic E-state index is 0.295. The first-order valence-corrected chi connectivity index (χ1v) is 5.92. The molecular weight excluding hydrogens is 210 g/mol. The molecule has 0 saturated carbocycles. The topological polar surface area (TPSA) is 42.1 Å². The van der Waals surface area contributed by atoms with Gasteiger partial charge in [-0.25, -0.2) is 4.98 Å². The van der Waals surface area contributed by atoms with Gasteiger partial charge in [0.15, 0.2) is 0 Å². The smallest absolute Gasteiger partial charge is 0.129 e. The van der Waals surface area contributed by atoms with E-state index in [1.54, 1.807) is 0 Å². The molecule has 1 aromatic carbocycles. The number of likely N-dealkylation sites (N-methyl/N-ethyl adjacent to an activating group) is 1. The molecule has 2 N–H and O–H groups in total. The molecule has 0 amide bonds. The summed E-state index contributed by atoms with van der Waals surface area (Å²) in [5, 5.41) is 1.18. The fourth-order valence-electron chi connectivity index (χ4n) is 1.87. The van der Waals surface area contributed by atoms with E-state index < -0.39 is 0 Å². The van der Waals surface area contributed by atoms with Crippen LogP contribution in [-0.2, 0) is 0 Å². The first-order valence-electron chi connectivity index (χ1n) is 5.92. The molecule has 1 aromatic heterocycles. The second-order valence-corrected chi connectivity index (χ2v) is 4.51. The Bertz CT molecular complexity index is 522. The van der Waals surface area contributed by atoms with Crippen LogP contribution in [0, 0.1) is 6.92 Å². The van der Waals surface area contributed by atoms with E-state index in [0.717, 1.165) is 11.3 Å². The molecule has 0 aliphatic rings. The van der Waals surface area contributed by atoms with Crippen LogP contribution in [0.2, 0.25) is 0 Å². The highest BCUT2D eigenvalue weighted by Gasteiger charge is 2.10. The van der Waals surface area contributed by atoms with E-state index >= 15 is 0 Å². The number of nitrogens with zero attached hydrogens (tertiary/aromatic N) is 2. The van der Waals surface area contributed by atoms with Gasteiger partial charge in [0.2, 0.25) is 0 Å². The van der Waals surface area contributed by atoms with Gasteiger partial charge in [-0.3, -0.25) is 0 Å². The van der Waals surface area contributed by atoms with Gasteiger partial charge in [0.25, 0.3) is 0 Å². The van der Waals surface area contributed by atoms with Crippen molar-refractivity contribution in [1.29, 1.82) is 0 Å². The van der Waals surface area contributed by atoms with E-state index in [9.17, 15) is 0 Å². The van der Waals surface area contributed by atoms with Crippen LogP contribution in [0.25, 0.3) is 10.9 Å². The maximum Gasteiger partial charge on any atom is 0.129 e. The van der Waals surface area contributed by atoms with Crippen molar-refractivity contribution >= 4 is 16.7 Å². The summed E-state index contributed by atoms with van der Waals surface area (Å²) < 4.78 is 0. The fraction of sp³-hybridized carbons (Fsp3) is 0.357. The SMILES string of the molecule is Cc1cccc2ccc(N(C)C(C)CN)nc12. The van der Waals surface area contributed by atoms with Gasteiger partial charge in [-0.05, 0) is 31.5 Å². The average molecular weight is 229 g/mol. The lowest BCUT2D eigenvalue weighted by molar-refractivity contribution is 0.688. The van der Waals surface area contributed by atoms with Crippen molar-refractivity contribution in [2.75, 3.05) is 18.5 Å². The van der Waals surface area contributed by atoms with Gasteiger partial charge < -0.3 is 10.6 Å². The van der Waals surface area contributed by atoms with Gasteiger partial charge in [0, 0.05) is 25.0 Å². The van der Waals surface area contributed by atoms with E-state index in [0.29, 0.717) is 12.6 Å². The number of anilines is 1. The highest BCUT2D eigenvalue weighted by Crippen LogP contribution is 2.20. The standard InChI is InChI=1S/C14H19N3/c1-10-5-4-6-12-7-8-13(16-14(10)12)17(3)11(2)9-15/h4-8,11H,9,15H2,1-3H3.